The zero-order valence-electron chi connectivity index (χ0n) is 29.9. The number of nitrogens with zero attached hydrogens (tertiary/aromatic N) is 5. The van der Waals surface area contributed by atoms with E-state index < -0.39 is 0 Å². The number of para-hydroxylation sites is 8. The van der Waals surface area contributed by atoms with Crippen LogP contribution >= 0.6 is 0 Å². The Morgan fingerprint density at radius 3 is 1.13 bits per heavy atom. The van der Waals surface area contributed by atoms with Crippen molar-refractivity contribution in [3.63, 3.8) is 0 Å². The first-order valence-electron chi connectivity index (χ1n) is 18.5. The van der Waals surface area contributed by atoms with E-state index in [4.69, 9.17) is 9.97 Å². The van der Waals surface area contributed by atoms with Crippen LogP contribution in [0.3, 0.4) is 0 Å². The van der Waals surface area contributed by atoms with Gasteiger partial charge in [0.15, 0.2) is 0 Å². The lowest BCUT2D eigenvalue weighted by Crippen LogP contribution is -2.09. The van der Waals surface area contributed by atoms with E-state index in [9.17, 15) is 0 Å². The molecular weight excluding hydrogens is 671 g/mol. The van der Waals surface area contributed by atoms with Gasteiger partial charge in [0.05, 0.1) is 22.1 Å². The van der Waals surface area contributed by atoms with Gasteiger partial charge in [-0.2, -0.15) is 0 Å². The molecular formula is C50H35N5. The fourth-order valence-electron chi connectivity index (χ4n) is 7.57. The molecule has 0 saturated heterocycles. The molecule has 0 N–H and O–H groups in total. The number of imidazole rings is 2. The summed E-state index contributed by atoms with van der Waals surface area (Å²) in [5, 5.41) is 0. The number of anilines is 3. The quantitative estimate of drug-likeness (QED) is 0.158. The summed E-state index contributed by atoms with van der Waals surface area (Å²) in [6, 6.07) is 74.3. The topological polar surface area (TPSA) is 38.9 Å². The average Bonchev–Trinajstić information content (AvgIpc) is 3.85. The summed E-state index contributed by atoms with van der Waals surface area (Å²) in [5.74, 6) is 1.74. The van der Waals surface area contributed by atoms with Crippen LogP contribution in [0.25, 0.3) is 67.3 Å². The summed E-state index contributed by atoms with van der Waals surface area (Å²) in [6.45, 7) is 0. The second-order valence-corrected chi connectivity index (χ2v) is 13.5. The Balaban J connectivity index is 1.19. The molecule has 55 heavy (non-hydrogen) atoms. The van der Waals surface area contributed by atoms with Crippen molar-refractivity contribution in [1.29, 1.82) is 0 Å². The zero-order valence-corrected chi connectivity index (χ0v) is 29.9. The molecule has 10 aromatic rings. The molecule has 0 radical (unpaired) electrons. The van der Waals surface area contributed by atoms with Gasteiger partial charge >= 0.3 is 0 Å². The molecule has 0 fully saturated rings. The summed E-state index contributed by atoms with van der Waals surface area (Å²) >= 11 is 0. The Kier molecular flexibility index (Phi) is 8.08. The van der Waals surface area contributed by atoms with Crippen molar-refractivity contribution < 1.29 is 0 Å². The molecule has 0 aliphatic carbocycles. The normalized spacial score (nSPS) is 11.3. The van der Waals surface area contributed by atoms with Gasteiger partial charge in [-0.1, -0.05) is 109 Å². The highest BCUT2D eigenvalue weighted by Crippen LogP contribution is 2.39. The molecule has 5 heteroatoms. The number of rotatable bonds is 8. The third-order valence-corrected chi connectivity index (χ3v) is 10.1. The summed E-state index contributed by atoms with van der Waals surface area (Å²) in [5.41, 5.74) is 13.5. The molecule has 10 rings (SSSR count). The van der Waals surface area contributed by atoms with E-state index in [0.717, 1.165) is 84.4 Å². The first-order chi connectivity index (χ1) is 27.3. The van der Waals surface area contributed by atoms with Crippen molar-refractivity contribution >= 4 is 39.1 Å². The van der Waals surface area contributed by atoms with Crippen molar-refractivity contribution in [1.82, 2.24) is 19.1 Å². The predicted octanol–water partition coefficient (Wildman–Crippen LogP) is 12.8. The van der Waals surface area contributed by atoms with Crippen molar-refractivity contribution in [3.8, 4) is 45.3 Å². The molecule has 0 aliphatic rings. The highest BCUT2D eigenvalue weighted by atomic mass is 15.1. The van der Waals surface area contributed by atoms with Crippen LogP contribution in [-0.2, 0) is 0 Å². The van der Waals surface area contributed by atoms with Crippen LogP contribution in [0.4, 0.5) is 17.1 Å². The van der Waals surface area contributed by atoms with Crippen molar-refractivity contribution in [2.24, 2.45) is 0 Å². The van der Waals surface area contributed by atoms with Gasteiger partial charge < -0.3 is 4.90 Å². The second-order valence-electron chi connectivity index (χ2n) is 13.5. The molecule has 2 aromatic heterocycles. The van der Waals surface area contributed by atoms with Crippen molar-refractivity contribution in [2.45, 2.75) is 0 Å². The minimum absolute atomic E-state index is 0.869. The smallest absolute Gasteiger partial charge is 0.145 e. The molecule has 0 bridgehead atoms. The minimum atomic E-state index is 0.869. The maximum atomic E-state index is 5.29. The van der Waals surface area contributed by atoms with Crippen LogP contribution in [0.15, 0.2) is 212 Å². The summed E-state index contributed by atoms with van der Waals surface area (Å²) in [7, 11) is 0. The van der Waals surface area contributed by atoms with E-state index in [2.05, 4.69) is 214 Å². The molecule has 0 spiro atoms. The van der Waals surface area contributed by atoms with Crippen LogP contribution in [0.5, 0.6) is 0 Å². The number of aromatic nitrogens is 4. The van der Waals surface area contributed by atoms with E-state index in [-0.39, 0.29) is 0 Å². The zero-order chi connectivity index (χ0) is 36.6. The van der Waals surface area contributed by atoms with Crippen LogP contribution in [0, 0.1) is 0 Å². The van der Waals surface area contributed by atoms with Gasteiger partial charge in [-0.15, -0.1) is 0 Å². The number of hydrogen-bond acceptors (Lipinski definition) is 3. The summed E-state index contributed by atoms with van der Waals surface area (Å²) in [6.07, 6.45) is 0. The molecule has 0 unspecified atom stereocenters. The van der Waals surface area contributed by atoms with Gasteiger partial charge in [-0.05, 0) is 114 Å². The second kappa shape index (κ2) is 13.8. The standard InChI is InChI=1S/C50H35N5/c1-5-17-40(18-6-1)53(41-19-7-2-8-20-41)44-31-29-36(30-32-44)37-33-38(49-51-45-25-13-15-27-47(45)54(49)42-21-9-3-10-22-42)35-39(34-37)50-52-46-26-14-16-28-48(46)55(50)43-23-11-4-12-24-43/h1-35H. The molecule has 260 valence electrons. The lowest BCUT2D eigenvalue weighted by atomic mass is 9.98. The van der Waals surface area contributed by atoms with Crippen LogP contribution in [0.2, 0.25) is 0 Å². The lowest BCUT2D eigenvalue weighted by Gasteiger charge is -2.25. The monoisotopic (exact) mass is 705 g/mol. The first kappa shape index (κ1) is 32.2. The highest BCUT2D eigenvalue weighted by molar-refractivity contribution is 5.89. The third kappa shape index (κ3) is 5.94. The maximum absolute atomic E-state index is 5.29. The maximum Gasteiger partial charge on any atom is 0.145 e. The molecule has 0 aliphatic heterocycles. The van der Waals surface area contributed by atoms with E-state index in [1.165, 1.54) is 0 Å². The summed E-state index contributed by atoms with van der Waals surface area (Å²) < 4.78 is 4.53. The van der Waals surface area contributed by atoms with E-state index >= 15 is 0 Å². The Labute approximate surface area is 319 Å². The Morgan fingerprint density at radius 1 is 0.309 bits per heavy atom. The van der Waals surface area contributed by atoms with E-state index in [1.54, 1.807) is 0 Å². The molecule has 8 aromatic carbocycles. The van der Waals surface area contributed by atoms with Gasteiger partial charge in [0.1, 0.15) is 11.6 Å². The van der Waals surface area contributed by atoms with E-state index in [1.807, 2.05) is 12.1 Å². The largest absolute Gasteiger partial charge is 0.311 e. The fourth-order valence-corrected chi connectivity index (χ4v) is 7.57. The number of benzene rings is 8. The fraction of sp³-hybridized carbons (Fsp3) is 0. The van der Waals surface area contributed by atoms with Crippen molar-refractivity contribution in [3.05, 3.63) is 212 Å². The molecule has 0 saturated carbocycles. The lowest BCUT2D eigenvalue weighted by molar-refractivity contribution is 1.09. The van der Waals surface area contributed by atoms with Crippen LogP contribution < -0.4 is 4.90 Å². The Hall–Kier alpha value is -7.50. The average molecular weight is 706 g/mol. The Bertz CT molecular complexity index is 2720. The highest BCUT2D eigenvalue weighted by Gasteiger charge is 2.20. The van der Waals surface area contributed by atoms with Crippen LogP contribution in [0.1, 0.15) is 0 Å². The SMILES string of the molecule is c1ccc(N(c2ccccc2)c2ccc(-c3cc(-c4nc5ccccc5n4-c4ccccc4)cc(-c4nc5ccccc5n4-c4ccccc4)c3)cc2)cc1. The van der Waals surface area contributed by atoms with E-state index in [0.29, 0.717) is 0 Å². The molecule has 0 atom stereocenters. The minimum Gasteiger partial charge on any atom is -0.311 e. The molecule has 0 amide bonds. The Morgan fingerprint density at radius 2 is 0.673 bits per heavy atom. The van der Waals surface area contributed by atoms with Gasteiger partial charge in [-0.25, -0.2) is 9.97 Å². The molecule has 2 heterocycles. The van der Waals surface area contributed by atoms with Crippen molar-refractivity contribution in [2.75, 3.05) is 4.90 Å². The first-order valence-corrected chi connectivity index (χ1v) is 18.5. The number of hydrogen-bond donors (Lipinski definition) is 0. The van der Waals surface area contributed by atoms with Gasteiger partial charge in [0.25, 0.3) is 0 Å². The van der Waals surface area contributed by atoms with Crippen LogP contribution in [-0.4, -0.2) is 19.1 Å². The molecule has 5 nitrogen and oxygen atoms in total. The van der Waals surface area contributed by atoms with Gasteiger partial charge in [-0.3, -0.25) is 9.13 Å². The van der Waals surface area contributed by atoms with Gasteiger partial charge in [0.2, 0.25) is 0 Å². The van der Waals surface area contributed by atoms with Gasteiger partial charge in [0, 0.05) is 39.6 Å². The number of fused-ring (bicyclic) bond motifs is 2. The predicted molar refractivity (Wildman–Crippen MR) is 227 cm³/mol. The third-order valence-electron chi connectivity index (χ3n) is 10.1. The summed E-state index contributed by atoms with van der Waals surface area (Å²) in [4.78, 5) is 12.9.